The number of aromatic nitrogens is 4. The number of rotatable bonds is 9. The molecule has 3 heterocycles. The highest BCUT2D eigenvalue weighted by Gasteiger charge is 2.22. The molecular weight excluding hydrogens is 446 g/mol. The highest BCUT2D eigenvalue weighted by atomic mass is 35.5. The Morgan fingerprint density at radius 2 is 2.17 bits per heavy atom. The second-order valence-electron chi connectivity index (χ2n) is 6.74. The number of nitrogens with one attached hydrogen (secondary N) is 1. The summed E-state index contributed by atoms with van der Waals surface area (Å²) in [6, 6.07) is 5.64. The first-order valence-electron chi connectivity index (χ1n) is 9.24. The van der Waals surface area contributed by atoms with E-state index in [-0.39, 0.29) is 18.2 Å². The van der Waals surface area contributed by atoms with E-state index < -0.39 is 12.7 Å². The minimum absolute atomic E-state index is 0. The van der Waals surface area contributed by atoms with Crippen LogP contribution in [-0.4, -0.2) is 41.9 Å². The summed E-state index contributed by atoms with van der Waals surface area (Å²) in [6.07, 6.45) is 5.03. The van der Waals surface area contributed by atoms with Crippen molar-refractivity contribution in [1.82, 2.24) is 19.3 Å². The molecule has 3 aromatic heterocycles. The highest BCUT2D eigenvalue weighted by molar-refractivity contribution is 7.99. The van der Waals surface area contributed by atoms with Crippen molar-refractivity contribution in [2.24, 2.45) is 5.92 Å². The lowest BCUT2D eigenvalue weighted by molar-refractivity contribution is 0.0897. The Kier molecular flexibility index (Phi) is 7.84. The van der Waals surface area contributed by atoms with Gasteiger partial charge in [-0.1, -0.05) is 0 Å². The van der Waals surface area contributed by atoms with Crippen LogP contribution in [0.15, 0.2) is 35.5 Å². The zero-order chi connectivity index (χ0) is 20.2. The number of ether oxygens (including phenoxy) is 1. The molecule has 1 aliphatic carbocycles. The molecule has 0 bridgehead atoms. The fourth-order valence-electron chi connectivity index (χ4n) is 2.48. The summed E-state index contributed by atoms with van der Waals surface area (Å²) in [5, 5.41) is 22.3. The van der Waals surface area contributed by atoms with E-state index in [0.717, 1.165) is 33.8 Å². The van der Waals surface area contributed by atoms with E-state index in [4.69, 9.17) is 9.84 Å². The minimum atomic E-state index is -1.11. The Labute approximate surface area is 188 Å². The number of nitrogens with zero attached hydrogens (tertiary/aromatic N) is 4. The van der Waals surface area contributed by atoms with Crippen LogP contribution in [0.4, 0.5) is 10.9 Å². The number of pyridine rings is 2. The van der Waals surface area contributed by atoms with Crippen molar-refractivity contribution < 1.29 is 14.9 Å². The first-order valence-corrected chi connectivity index (χ1v) is 11.0. The van der Waals surface area contributed by atoms with E-state index in [0.29, 0.717) is 22.4 Å². The maximum Gasteiger partial charge on any atom is 0.208 e. The van der Waals surface area contributed by atoms with Gasteiger partial charge in [-0.3, -0.25) is 4.98 Å². The average molecular weight is 468 g/mol. The molecule has 30 heavy (non-hydrogen) atoms. The van der Waals surface area contributed by atoms with Gasteiger partial charge >= 0.3 is 0 Å². The van der Waals surface area contributed by atoms with Gasteiger partial charge in [0.05, 0.1) is 12.3 Å². The number of aliphatic hydroxyl groups excluding tert-OH is 2. The van der Waals surface area contributed by atoms with Crippen LogP contribution in [0.2, 0.25) is 0 Å². The lowest BCUT2D eigenvalue weighted by Crippen LogP contribution is -2.04. The fraction of sp³-hybridized carbons (Fsp3) is 0.368. The van der Waals surface area contributed by atoms with Gasteiger partial charge in [-0.05, 0) is 43.9 Å². The largest absolute Gasteiger partial charge is 0.452 e. The Bertz CT molecular complexity index is 986. The summed E-state index contributed by atoms with van der Waals surface area (Å²) < 4.78 is 10.2. The van der Waals surface area contributed by atoms with E-state index >= 15 is 0 Å². The molecule has 3 N–H and O–H groups in total. The smallest absolute Gasteiger partial charge is 0.208 e. The topological polar surface area (TPSA) is 113 Å². The van der Waals surface area contributed by atoms with Crippen molar-refractivity contribution in [3.05, 3.63) is 42.1 Å². The van der Waals surface area contributed by atoms with Gasteiger partial charge in [0, 0.05) is 34.6 Å². The number of aryl methyl sites for hydroxylation is 1. The third-order valence-electron chi connectivity index (χ3n) is 4.33. The molecule has 1 aliphatic rings. The predicted molar refractivity (Wildman–Crippen MR) is 119 cm³/mol. The van der Waals surface area contributed by atoms with Crippen LogP contribution in [0.5, 0.6) is 11.5 Å². The molecule has 8 nitrogen and oxygen atoms in total. The van der Waals surface area contributed by atoms with Crippen LogP contribution in [0, 0.1) is 12.8 Å². The Balaban J connectivity index is 0.00000256. The van der Waals surface area contributed by atoms with Crippen LogP contribution in [0.3, 0.4) is 0 Å². The van der Waals surface area contributed by atoms with Crippen molar-refractivity contribution >= 4 is 46.7 Å². The molecule has 0 unspecified atom stereocenters. The number of hydrogen-bond acceptors (Lipinski definition) is 10. The standard InChI is InChI=1S/C19H21N5O3S2.ClH/c1-11-15(3-2-6-20-11)27-16-7-13(28-10-12-4-5-12)8-21-18(16)23-19-22-17(24-29-19)14(26)9-25;/h2-3,6-8,12,14,25-26H,4-5,9-10H2,1H3,(H,21,22,23,24);1H/t14-;/m1./s1. The van der Waals surface area contributed by atoms with E-state index in [2.05, 4.69) is 24.6 Å². The predicted octanol–water partition coefficient (Wildman–Crippen LogP) is 4.12. The molecule has 1 atom stereocenters. The second-order valence-corrected chi connectivity index (χ2v) is 8.59. The molecule has 4 rings (SSSR count). The zero-order valence-corrected chi connectivity index (χ0v) is 18.6. The molecule has 11 heteroatoms. The zero-order valence-electron chi connectivity index (χ0n) is 16.2. The van der Waals surface area contributed by atoms with Crippen molar-refractivity contribution in [3.63, 3.8) is 0 Å². The Morgan fingerprint density at radius 3 is 2.90 bits per heavy atom. The molecule has 0 aromatic carbocycles. The number of hydrogen-bond donors (Lipinski definition) is 3. The highest BCUT2D eigenvalue weighted by Crippen LogP contribution is 2.38. The second kappa shape index (κ2) is 10.4. The number of thioether (sulfide) groups is 1. The molecule has 1 fully saturated rings. The van der Waals surface area contributed by atoms with Gasteiger partial charge in [-0.2, -0.15) is 4.37 Å². The number of halogens is 1. The van der Waals surface area contributed by atoms with Gasteiger partial charge in [0.15, 0.2) is 17.4 Å². The van der Waals surface area contributed by atoms with Crippen molar-refractivity contribution in [2.45, 2.75) is 30.8 Å². The third kappa shape index (κ3) is 5.79. The van der Waals surface area contributed by atoms with E-state index in [1.165, 1.54) is 12.8 Å². The molecule has 0 saturated heterocycles. The van der Waals surface area contributed by atoms with E-state index in [9.17, 15) is 5.11 Å². The first-order chi connectivity index (χ1) is 14.1. The Morgan fingerprint density at radius 1 is 1.33 bits per heavy atom. The minimum Gasteiger partial charge on any atom is -0.452 e. The van der Waals surface area contributed by atoms with E-state index in [1.807, 2.05) is 31.3 Å². The Hall–Kier alpha value is -1.98. The van der Waals surface area contributed by atoms with Crippen molar-refractivity contribution in [3.8, 4) is 11.5 Å². The van der Waals surface area contributed by atoms with Crippen LogP contribution < -0.4 is 10.1 Å². The van der Waals surface area contributed by atoms with Crippen LogP contribution >= 0.6 is 35.7 Å². The molecule has 160 valence electrons. The van der Waals surface area contributed by atoms with E-state index in [1.54, 1.807) is 18.0 Å². The summed E-state index contributed by atoms with van der Waals surface area (Å²) in [6.45, 7) is 1.45. The van der Waals surface area contributed by atoms with Gasteiger partial charge in [-0.15, -0.1) is 24.2 Å². The molecular formula is C19H22ClN5O3S2. The summed E-state index contributed by atoms with van der Waals surface area (Å²) in [7, 11) is 0. The van der Waals surface area contributed by atoms with Crippen LogP contribution in [0.25, 0.3) is 0 Å². The van der Waals surface area contributed by atoms with Crippen LogP contribution in [0.1, 0.15) is 30.5 Å². The van der Waals surface area contributed by atoms with Crippen LogP contribution in [-0.2, 0) is 0 Å². The number of anilines is 2. The average Bonchev–Trinajstić information content (AvgIpc) is 3.45. The number of aliphatic hydroxyl groups is 2. The monoisotopic (exact) mass is 467 g/mol. The van der Waals surface area contributed by atoms with Crippen molar-refractivity contribution in [1.29, 1.82) is 0 Å². The maximum atomic E-state index is 9.69. The molecule has 3 aromatic rings. The summed E-state index contributed by atoms with van der Waals surface area (Å²) in [5.41, 5.74) is 0.777. The molecule has 0 aliphatic heterocycles. The molecule has 0 spiro atoms. The molecule has 1 saturated carbocycles. The van der Waals surface area contributed by atoms with Gasteiger partial charge in [-0.25, -0.2) is 9.97 Å². The third-order valence-corrected chi connectivity index (χ3v) is 6.17. The van der Waals surface area contributed by atoms with Gasteiger partial charge in [0.25, 0.3) is 0 Å². The SMILES string of the molecule is Cc1ncccc1Oc1cc(SCC2CC2)cnc1Nc1nc([C@H](O)CO)ns1.Cl. The molecule has 0 amide bonds. The van der Waals surface area contributed by atoms with Gasteiger partial charge in [0.2, 0.25) is 5.13 Å². The lowest BCUT2D eigenvalue weighted by atomic mass is 10.3. The fourth-order valence-corrected chi connectivity index (χ4v) is 4.17. The summed E-state index contributed by atoms with van der Waals surface area (Å²) in [5.74, 6) is 3.75. The quantitative estimate of drug-likeness (QED) is 0.400. The summed E-state index contributed by atoms with van der Waals surface area (Å²) in [4.78, 5) is 14.0. The van der Waals surface area contributed by atoms with Gasteiger partial charge in [0.1, 0.15) is 11.9 Å². The normalized spacial score (nSPS) is 14.1. The van der Waals surface area contributed by atoms with Gasteiger partial charge < -0.3 is 20.3 Å². The molecule has 0 radical (unpaired) electrons. The maximum absolute atomic E-state index is 9.69. The summed E-state index contributed by atoms with van der Waals surface area (Å²) >= 11 is 2.85. The van der Waals surface area contributed by atoms with Crippen molar-refractivity contribution in [2.75, 3.05) is 17.7 Å². The first kappa shape index (κ1) is 22.7. The lowest BCUT2D eigenvalue weighted by Gasteiger charge is -2.13.